The van der Waals surface area contributed by atoms with Crippen molar-refractivity contribution in [2.75, 3.05) is 6.73 Å². The van der Waals surface area contributed by atoms with E-state index in [4.69, 9.17) is 5.73 Å². The van der Waals surface area contributed by atoms with E-state index in [9.17, 15) is 9.18 Å². The van der Waals surface area contributed by atoms with Crippen molar-refractivity contribution in [1.82, 2.24) is 0 Å². The Labute approximate surface area is 68.9 Å². The van der Waals surface area contributed by atoms with E-state index >= 15 is 0 Å². The van der Waals surface area contributed by atoms with Crippen LogP contribution in [0, 0.1) is 5.82 Å². The molecule has 0 radical (unpaired) electrons. The molecule has 4 heteroatoms. The minimum absolute atomic E-state index is 0.0945. The SMILES string of the molecule is NCOC(=O)c1ccccc1F. The molecule has 0 aliphatic carbocycles. The highest BCUT2D eigenvalue weighted by Crippen LogP contribution is 2.06. The van der Waals surface area contributed by atoms with Gasteiger partial charge < -0.3 is 4.74 Å². The molecule has 12 heavy (non-hydrogen) atoms. The zero-order chi connectivity index (χ0) is 8.97. The van der Waals surface area contributed by atoms with E-state index < -0.39 is 11.8 Å². The van der Waals surface area contributed by atoms with Crippen molar-refractivity contribution in [1.29, 1.82) is 0 Å². The van der Waals surface area contributed by atoms with Gasteiger partial charge in [0.25, 0.3) is 0 Å². The highest BCUT2D eigenvalue weighted by atomic mass is 19.1. The lowest BCUT2D eigenvalue weighted by atomic mass is 10.2. The van der Waals surface area contributed by atoms with Crippen LogP contribution in [-0.4, -0.2) is 12.7 Å². The first-order chi connectivity index (χ1) is 5.75. The number of ether oxygens (including phenoxy) is 1. The lowest BCUT2D eigenvalue weighted by Crippen LogP contribution is -2.13. The quantitative estimate of drug-likeness (QED) is 0.528. The molecule has 0 atom stereocenters. The van der Waals surface area contributed by atoms with Crippen LogP contribution in [0.15, 0.2) is 24.3 Å². The number of esters is 1. The number of halogens is 1. The molecule has 1 aromatic carbocycles. The molecule has 0 aromatic heterocycles. The maximum Gasteiger partial charge on any atom is 0.342 e. The van der Waals surface area contributed by atoms with Crippen molar-refractivity contribution in [2.24, 2.45) is 5.73 Å². The third-order valence-electron chi connectivity index (χ3n) is 1.31. The normalized spacial score (nSPS) is 9.50. The van der Waals surface area contributed by atoms with Crippen LogP contribution in [-0.2, 0) is 4.74 Å². The van der Waals surface area contributed by atoms with Gasteiger partial charge in [0.05, 0.1) is 5.56 Å². The third kappa shape index (κ3) is 1.79. The molecule has 2 N–H and O–H groups in total. The number of nitrogens with two attached hydrogens (primary N) is 1. The predicted molar refractivity (Wildman–Crippen MR) is 40.9 cm³/mol. The Kier molecular flexibility index (Phi) is 2.76. The minimum atomic E-state index is -0.740. The van der Waals surface area contributed by atoms with Crippen molar-refractivity contribution < 1.29 is 13.9 Å². The largest absolute Gasteiger partial charge is 0.446 e. The average molecular weight is 169 g/mol. The Hall–Kier alpha value is -1.42. The molecule has 0 amide bonds. The van der Waals surface area contributed by atoms with Crippen LogP contribution in [0.2, 0.25) is 0 Å². The number of carbonyl (C=O) groups is 1. The maximum atomic E-state index is 12.8. The fourth-order valence-corrected chi connectivity index (χ4v) is 0.780. The summed E-state index contributed by atoms with van der Waals surface area (Å²) in [5, 5.41) is 0. The fraction of sp³-hybridized carbons (Fsp3) is 0.125. The van der Waals surface area contributed by atoms with E-state index in [1.54, 1.807) is 6.07 Å². The Bertz CT molecular complexity index is 288. The number of rotatable bonds is 2. The van der Waals surface area contributed by atoms with Gasteiger partial charge in [0.2, 0.25) is 0 Å². The number of benzene rings is 1. The number of carbonyl (C=O) groups excluding carboxylic acids is 1. The molecule has 0 bridgehead atoms. The van der Waals surface area contributed by atoms with Gasteiger partial charge in [-0.25, -0.2) is 9.18 Å². The molecular formula is C8H8FNO2. The molecule has 0 fully saturated rings. The average Bonchev–Trinajstić information content (AvgIpc) is 2.05. The van der Waals surface area contributed by atoms with E-state index in [-0.39, 0.29) is 12.3 Å². The van der Waals surface area contributed by atoms with Crippen LogP contribution >= 0.6 is 0 Å². The van der Waals surface area contributed by atoms with Gasteiger partial charge in [-0.3, -0.25) is 5.73 Å². The Morgan fingerprint density at radius 3 is 2.75 bits per heavy atom. The van der Waals surface area contributed by atoms with Gasteiger partial charge in [-0.05, 0) is 12.1 Å². The van der Waals surface area contributed by atoms with E-state index in [0.717, 1.165) is 0 Å². The summed E-state index contributed by atoms with van der Waals surface area (Å²) in [6.07, 6.45) is 0. The van der Waals surface area contributed by atoms with Crippen LogP contribution in [0.3, 0.4) is 0 Å². The lowest BCUT2D eigenvalue weighted by molar-refractivity contribution is 0.0510. The molecule has 0 aliphatic heterocycles. The summed E-state index contributed by atoms with van der Waals surface area (Å²) in [6, 6.07) is 5.57. The summed E-state index contributed by atoms with van der Waals surface area (Å²) in [6.45, 7) is -0.243. The van der Waals surface area contributed by atoms with Crippen LogP contribution in [0.5, 0.6) is 0 Å². The molecule has 0 saturated heterocycles. The Balaban J connectivity index is 2.87. The summed E-state index contributed by atoms with van der Waals surface area (Å²) in [7, 11) is 0. The first kappa shape index (κ1) is 8.67. The standard InChI is InChI=1S/C8H8FNO2/c9-7-4-2-1-3-6(7)8(11)12-5-10/h1-4H,5,10H2. The molecule has 0 spiro atoms. The zero-order valence-corrected chi connectivity index (χ0v) is 6.29. The molecule has 0 heterocycles. The van der Waals surface area contributed by atoms with Gasteiger partial charge in [-0.1, -0.05) is 12.1 Å². The third-order valence-corrected chi connectivity index (χ3v) is 1.31. The van der Waals surface area contributed by atoms with Gasteiger partial charge in [-0.15, -0.1) is 0 Å². The smallest absolute Gasteiger partial charge is 0.342 e. The van der Waals surface area contributed by atoms with Crippen LogP contribution in [0.25, 0.3) is 0 Å². The first-order valence-electron chi connectivity index (χ1n) is 3.37. The monoisotopic (exact) mass is 169 g/mol. The topological polar surface area (TPSA) is 52.3 Å². The molecular weight excluding hydrogens is 161 g/mol. The van der Waals surface area contributed by atoms with E-state index in [1.165, 1.54) is 18.2 Å². The van der Waals surface area contributed by atoms with Crippen molar-refractivity contribution in [3.8, 4) is 0 Å². The summed E-state index contributed by atoms with van der Waals surface area (Å²) < 4.78 is 17.2. The van der Waals surface area contributed by atoms with Crippen LogP contribution in [0.1, 0.15) is 10.4 Å². The summed E-state index contributed by atoms with van der Waals surface area (Å²) in [4.78, 5) is 10.9. The second-order valence-corrected chi connectivity index (χ2v) is 2.08. The number of hydrogen-bond acceptors (Lipinski definition) is 3. The molecule has 0 aliphatic rings. The van der Waals surface area contributed by atoms with Gasteiger partial charge in [0.15, 0.2) is 0 Å². The van der Waals surface area contributed by atoms with Crippen LogP contribution in [0.4, 0.5) is 4.39 Å². The minimum Gasteiger partial charge on any atom is -0.446 e. The van der Waals surface area contributed by atoms with Crippen molar-refractivity contribution in [2.45, 2.75) is 0 Å². The zero-order valence-electron chi connectivity index (χ0n) is 6.29. The Morgan fingerprint density at radius 1 is 1.50 bits per heavy atom. The van der Waals surface area contributed by atoms with Crippen molar-refractivity contribution in [3.63, 3.8) is 0 Å². The predicted octanol–water partition coefficient (Wildman–Crippen LogP) is 0.899. The Morgan fingerprint density at radius 2 is 2.17 bits per heavy atom. The van der Waals surface area contributed by atoms with E-state index in [1.807, 2.05) is 0 Å². The highest BCUT2D eigenvalue weighted by Gasteiger charge is 2.10. The highest BCUT2D eigenvalue weighted by molar-refractivity contribution is 5.89. The van der Waals surface area contributed by atoms with Gasteiger partial charge in [-0.2, -0.15) is 0 Å². The van der Waals surface area contributed by atoms with Crippen molar-refractivity contribution in [3.05, 3.63) is 35.6 Å². The number of hydrogen-bond donors (Lipinski definition) is 1. The van der Waals surface area contributed by atoms with Crippen LogP contribution < -0.4 is 5.73 Å². The molecule has 0 unspecified atom stereocenters. The van der Waals surface area contributed by atoms with Gasteiger partial charge >= 0.3 is 5.97 Å². The maximum absolute atomic E-state index is 12.8. The second kappa shape index (κ2) is 3.82. The lowest BCUT2D eigenvalue weighted by Gasteiger charge is -2.01. The molecule has 0 saturated carbocycles. The second-order valence-electron chi connectivity index (χ2n) is 2.08. The fourth-order valence-electron chi connectivity index (χ4n) is 0.780. The summed E-state index contributed by atoms with van der Waals surface area (Å²) in [5.41, 5.74) is 4.86. The molecule has 64 valence electrons. The van der Waals surface area contributed by atoms with Gasteiger partial charge in [0, 0.05) is 0 Å². The summed E-state index contributed by atoms with van der Waals surface area (Å²) in [5.74, 6) is -1.34. The van der Waals surface area contributed by atoms with E-state index in [2.05, 4.69) is 4.74 Å². The first-order valence-corrected chi connectivity index (χ1v) is 3.37. The van der Waals surface area contributed by atoms with Gasteiger partial charge in [0.1, 0.15) is 12.5 Å². The van der Waals surface area contributed by atoms with Crippen molar-refractivity contribution >= 4 is 5.97 Å². The summed E-state index contributed by atoms with van der Waals surface area (Å²) >= 11 is 0. The molecule has 1 aromatic rings. The molecule has 1 rings (SSSR count). The molecule has 3 nitrogen and oxygen atoms in total. The van der Waals surface area contributed by atoms with E-state index in [0.29, 0.717) is 0 Å².